The molecule has 1 nitrogen and oxygen atoms in total. The van der Waals surface area contributed by atoms with Crippen LogP contribution in [0.4, 0.5) is 0 Å². The van der Waals surface area contributed by atoms with Crippen molar-refractivity contribution in [3.63, 3.8) is 0 Å². The van der Waals surface area contributed by atoms with Crippen molar-refractivity contribution >= 4 is 5.78 Å². The van der Waals surface area contributed by atoms with E-state index >= 15 is 0 Å². The summed E-state index contributed by atoms with van der Waals surface area (Å²) in [5, 5.41) is 0. The quantitative estimate of drug-likeness (QED) is 0.600. The van der Waals surface area contributed by atoms with Gasteiger partial charge in [0.2, 0.25) is 0 Å². The van der Waals surface area contributed by atoms with Gasteiger partial charge in [-0.15, -0.1) is 0 Å². The molecule has 2 atom stereocenters. The molecule has 2 aromatic rings. The smallest absolute Gasteiger partial charge is 0.138 e. The maximum absolute atomic E-state index is 12.9. The zero-order chi connectivity index (χ0) is 18.7. The second kappa shape index (κ2) is 7.56. The van der Waals surface area contributed by atoms with E-state index in [1.165, 1.54) is 11.1 Å². The Kier molecular flexibility index (Phi) is 5.87. The molecule has 1 heteroatoms. The molecule has 2 aromatic carbocycles. The Labute approximate surface area is 153 Å². The van der Waals surface area contributed by atoms with Crippen LogP contribution in [0.5, 0.6) is 0 Å². The normalized spacial score (nSPS) is 14.8. The van der Waals surface area contributed by atoms with Crippen molar-refractivity contribution in [2.24, 2.45) is 10.8 Å². The molecule has 0 aromatic heterocycles. The highest BCUT2D eigenvalue weighted by Crippen LogP contribution is 2.47. The molecule has 0 amide bonds. The van der Waals surface area contributed by atoms with E-state index in [4.69, 9.17) is 0 Å². The molecule has 25 heavy (non-hydrogen) atoms. The first-order valence-electron chi connectivity index (χ1n) is 9.24. The van der Waals surface area contributed by atoms with Crippen LogP contribution in [0.1, 0.15) is 70.9 Å². The van der Waals surface area contributed by atoms with Crippen LogP contribution in [0, 0.1) is 10.8 Å². The fraction of sp³-hybridized carbons (Fsp3) is 0.458. The maximum Gasteiger partial charge on any atom is 0.138 e. The second-order valence-electron chi connectivity index (χ2n) is 9.15. The molecule has 2 rings (SSSR count). The maximum atomic E-state index is 12.9. The first kappa shape index (κ1) is 19.4. The van der Waals surface area contributed by atoms with Crippen LogP contribution in [0.3, 0.4) is 0 Å². The van der Waals surface area contributed by atoms with E-state index in [1.807, 2.05) is 26.8 Å². The van der Waals surface area contributed by atoms with E-state index in [9.17, 15) is 4.79 Å². The lowest BCUT2D eigenvalue weighted by Gasteiger charge is -2.39. The fourth-order valence-corrected chi connectivity index (χ4v) is 3.63. The number of benzene rings is 2. The van der Waals surface area contributed by atoms with Gasteiger partial charge in [-0.25, -0.2) is 0 Å². The molecule has 0 unspecified atom stereocenters. The molecule has 0 radical (unpaired) electrons. The summed E-state index contributed by atoms with van der Waals surface area (Å²) in [4.78, 5) is 12.9. The molecular formula is C24H32O. The first-order valence-corrected chi connectivity index (χ1v) is 9.24. The third-order valence-electron chi connectivity index (χ3n) is 4.96. The largest absolute Gasteiger partial charge is 0.299 e. The van der Waals surface area contributed by atoms with Gasteiger partial charge in [-0.3, -0.25) is 4.79 Å². The van der Waals surface area contributed by atoms with Crippen molar-refractivity contribution in [1.29, 1.82) is 0 Å². The molecule has 0 aliphatic rings. The molecule has 0 saturated heterocycles. The molecule has 0 N–H and O–H groups in total. The summed E-state index contributed by atoms with van der Waals surface area (Å²) in [6, 6.07) is 21.2. The monoisotopic (exact) mass is 336 g/mol. The van der Waals surface area contributed by atoms with Crippen LogP contribution < -0.4 is 0 Å². The minimum atomic E-state index is -0.313. The van der Waals surface area contributed by atoms with Crippen LogP contribution in [-0.4, -0.2) is 5.78 Å². The lowest BCUT2D eigenvalue weighted by Crippen LogP contribution is -2.30. The Bertz CT molecular complexity index is 672. The SMILES string of the molecule is CC(C)(C)C(=O)C[C@H](c1ccccc1)[C@@H](c1ccccc1)C(C)(C)C. The average molecular weight is 337 g/mol. The van der Waals surface area contributed by atoms with Gasteiger partial charge in [-0.05, 0) is 28.4 Å². The summed E-state index contributed by atoms with van der Waals surface area (Å²) < 4.78 is 0. The first-order chi connectivity index (χ1) is 11.6. The number of hydrogen-bond donors (Lipinski definition) is 0. The Balaban J connectivity index is 2.53. The van der Waals surface area contributed by atoms with Crippen molar-refractivity contribution in [2.75, 3.05) is 0 Å². The molecule has 0 spiro atoms. The molecular weight excluding hydrogens is 304 g/mol. The predicted octanol–water partition coefficient (Wildman–Crippen LogP) is 6.61. The summed E-state index contributed by atoms with van der Waals surface area (Å²) in [7, 11) is 0. The molecule has 0 fully saturated rings. The van der Waals surface area contributed by atoms with Gasteiger partial charge < -0.3 is 0 Å². The van der Waals surface area contributed by atoms with Crippen LogP contribution in [-0.2, 0) is 4.79 Å². The van der Waals surface area contributed by atoms with Crippen molar-refractivity contribution < 1.29 is 4.79 Å². The number of ketones is 1. The summed E-state index contributed by atoms with van der Waals surface area (Å²) >= 11 is 0. The van der Waals surface area contributed by atoms with Gasteiger partial charge >= 0.3 is 0 Å². The van der Waals surface area contributed by atoms with Crippen molar-refractivity contribution in [3.05, 3.63) is 71.8 Å². The number of carbonyl (C=O) groups excluding carboxylic acids is 1. The molecule has 0 heterocycles. The highest BCUT2D eigenvalue weighted by molar-refractivity contribution is 5.84. The third-order valence-corrected chi connectivity index (χ3v) is 4.96. The number of carbonyl (C=O) groups is 1. The van der Waals surface area contributed by atoms with Crippen molar-refractivity contribution in [1.82, 2.24) is 0 Å². The Hall–Kier alpha value is -1.89. The zero-order valence-corrected chi connectivity index (χ0v) is 16.5. The molecule has 0 aliphatic carbocycles. The van der Waals surface area contributed by atoms with Gasteiger partial charge in [0.1, 0.15) is 5.78 Å². The molecule has 0 bridgehead atoms. The van der Waals surface area contributed by atoms with E-state index in [1.54, 1.807) is 0 Å². The molecule has 134 valence electrons. The minimum absolute atomic E-state index is 0.0556. The Morgan fingerprint density at radius 3 is 1.60 bits per heavy atom. The number of hydrogen-bond acceptors (Lipinski definition) is 1. The zero-order valence-electron chi connectivity index (χ0n) is 16.5. The molecule has 0 aliphatic heterocycles. The van der Waals surface area contributed by atoms with Crippen LogP contribution >= 0.6 is 0 Å². The Morgan fingerprint density at radius 2 is 1.20 bits per heavy atom. The van der Waals surface area contributed by atoms with Crippen LogP contribution in [0.25, 0.3) is 0 Å². The third kappa shape index (κ3) is 5.04. The van der Waals surface area contributed by atoms with E-state index in [0.29, 0.717) is 12.2 Å². The van der Waals surface area contributed by atoms with Crippen LogP contribution in [0.2, 0.25) is 0 Å². The molecule has 0 saturated carbocycles. The van der Waals surface area contributed by atoms with Crippen molar-refractivity contribution in [2.45, 2.75) is 59.8 Å². The number of Topliss-reactive ketones (excluding diaryl/α,β-unsaturated/α-hetero) is 1. The van der Waals surface area contributed by atoms with Gasteiger partial charge in [0, 0.05) is 11.8 Å². The van der Waals surface area contributed by atoms with Gasteiger partial charge in [0.25, 0.3) is 0 Å². The van der Waals surface area contributed by atoms with E-state index in [0.717, 1.165) is 0 Å². The van der Waals surface area contributed by atoms with Gasteiger partial charge in [0.15, 0.2) is 0 Å². The highest BCUT2D eigenvalue weighted by atomic mass is 16.1. The standard InChI is InChI=1S/C24H32O/c1-23(2,3)21(25)17-20(18-13-9-7-10-14-18)22(24(4,5)6)19-15-11-8-12-16-19/h7-16,20,22H,17H2,1-6H3/t20-,22-/m1/s1. The number of rotatable bonds is 5. The lowest BCUT2D eigenvalue weighted by molar-refractivity contribution is -0.126. The van der Waals surface area contributed by atoms with Crippen molar-refractivity contribution in [3.8, 4) is 0 Å². The summed E-state index contributed by atoms with van der Waals surface area (Å²) in [6.45, 7) is 12.9. The predicted molar refractivity (Wildman–Crippen MR) is 107 cm³/mol. The highest BCUT2D eigenvalue weighted by Gasteiger charge is 2.37. The second-order valence-corrected chi connectivity index (χ2v) is 9.15. The topological polar surface area (TPSA) is 17.1 Å². The fourth-order valence-electron chi connectivity index (χ4n) is 3.63. The van der Waals surface area contributed by atoms with E-state index < -0.39 is 0 Å². The summed E-state index contributed by atoms with van der Waals surface area (Å²) in [5.41, 5.74) is 2.31. The van der Waals surface area contributed by atoms with E-state index in [-0.39, 0.29) is 22.7 Å². The van der Waals surface area contributed by atoms with E-state index in [2.05, 4.69) is 75.4 Å². The lowest BCUT2D eigenvalue weighted by atomic mass is 9.65. The summed E-state index contributed by atoms with van der Waals surface area (Å²) in [5.74, 6) is 0.782. The van der Waals surface area contributed by atoms with Gasteiger partial charge in [0.05, 0.1) is 0 Å². The van der Waals surface area contributed by atoms with Gasteiger partial charge in [-0.2, -0.15) is 0 Å². The summed E-state index contributed by atoms with van der Waals surface area (Å²) in [6.07, 6.45) is 0.574. The van der Waals surface area contributed by atoms with Gasteiger partial charge in [-0.1, -0.05) is 102 Å². The Morgan fingerprint density at radius 1 is 0.760 bits per heavy atom. The van der Waals surface area contributed by atoms with Crippen LogP contribution in [0.15, 0.2) is 60.7 Å². The average Bonchev–Trinajstić information content (AvgIpc) is 2.54. The minimum Gasteiger partial charge on any atom is -0.299 e.